The van der Waals surface area contributed by atoms with Crippen molar-refractivity contribution in [3.05, 3.63) is 47.0 Å². The van der Waals surface area contributed by atoms with Gasteiger partial charge in [-0.05, 0) is 55.3 Å². The van der Waals surface area contributed by atoms with E-state index in [1.165, 1.54) is 0 Å². The molecule has 0 atom stereocenters. The summed E-state index contributed by atoms with van der Waals surface area (Å²) in [7, 11) is 1.66. The second-order valence-electron chi connectivity index (χ2n) is 5.54. The number of Topliss-reactive ketones (excluding diaryl/α,β-unsaturated/α-hetero) is 1. The molecular weight excluding hydrogens is 292 g/mol. The molecule has 0 bridgehead atoms. The van der Waals surface area contributed by atoms with Crippen LogP contribution in [0.5, 0.6) is 5.75 Å². The molecule has 0 fully saturated rings. The van der Waals surface area contributed by atoms with Crippen LogP contribution in [0.4, 0.5) is 0 Å². The molecule has 0 saturated heterocycles. The van der Waals surface area contributed by atoms with E-state index < -0.39 is 6.61 Å². The Morgan fingerprint density at radius 1 is 1.22 bits per heavy atom. The summed E-state index contributed by atoms with van der Waals surface area (Å²) in [6.07, 6.45) is 0. The van der Waals surface area contributed by atoms with Gasteiger partial charge in [0.25, 0.3) is 0 Å². The minimum Gasteiger partial charge on any atom is -0.496 e. The van der Waals surface area contributed by atoms with Gasteiger partial charge in [0.15, 0.2) is 5.78 Å². The minimum absolute atomic E-state index is 0.306. The van der Waals surface area contributed by atoms with Crippen molar-refractivity contribution in [1.29, 1.82) is 0 Å². The third kappa shape index (κ3) is 2.71. The number of aromatic nitrogens is 2. The van der Waals surface area contributed by atoms with E-state index >= 15 is 0 Å². The highest BCUT2D eigenvalue weighted by Gasteiger charge is 2.12. The Bertz CT molecular complexity index is 873. The summed E-state index contributed by atoms with van der Waals surface area (Å²) in [4.78, 5) is 19.4. The number of nitrogens with zero attached hydrogens (tertiary/aromatic N) is 1. The quantitative estimate of drug-likeness (QED) is 0.726. The number of hydrogen-bond donors (Lipinski definition) is 2. The van der Waals surface area contributed by atoms with Gasteiger partial charge in [0.05, 0.1) is 18.1 Å². The van der Waals surface area contributed by atoms with Gasteiger partial charge in [0.2, 0.25) is 0 Å². The average Bonchev–Trinajstić information content (AvgIpc) is 2.96. The zero-order valence-corrected chi connectivity index (χ0v) is 13.3. The van der Waals surface area contributed by atoms with Gasteiger partial charge in [-0.25, -0.2) is 4.98 Å². The Labute approximate surface area is 133 Å². The number of rotatable bonds is 4. The summed E-state index contributed by atoms with van der Waals surface area (Å²) in [6, 6.07) is 9.21. The molecule has 23 heavy (non-hydrogen) atoms. The molecule has 0 aliphatic carbocycles. The van der Waals surface area contributed by atoms with E-state index in [4.69, 9.17) is 9.84 Å². The van der Waals surface area contributed by atoms with Crippen LogP contribution in [0, 0.1) is 13.8 Å². The number of aliphatic hydroxyl groups is 1. The molecule has 0 radical (unpaired) electrons. The van der Waals surface area contributed by atoms with E-state index in [1.807, 2.05) is 26.0 Å². The Hall–Kier alpha value is -2.66. The first-order valence-corrected chi connectivity index (χ1v) is 7.33. The lowest BCUT2D eigenvalue weighted by atomic mass is 10.1. The maximum atomic E-state index is 11.6. The number of benzene rings is 2. The number of aromatic amines is 1. The lowest BCUT2D eigenvalue weighted by molar-refractivity contribution is 0.0904. The largest absolute Gasteiger partial charge is 0.496 e. The van der Waals surface area contributed by atoms with Crippen molar-refractivity contribution in [3.8, 4) is 17.1 Å². The summed E-state index contributed by atoms with van der Waals surface area (Å²) < 4.78 is 5.39. The first kappa shape index (κ1) is 15.2. The highest BCUT2D eigenvalue weighted by Crippen LogP contribution is 2.29. The highest BCUT2D eigenvalue weighted by atomic mass is 16.5. The molecule has 3 rings (SSSR count). The second-order valence-corrected chi connectivity index (χ2v) is 5.54. The first-order valence-electron chi connectivity index (χ1n) is 7.33. The van der Waals surface area contributed by atoms with Crippen molar-refractivity contribution in [2.24, 2.45) is 0 Å². The van der Waals surface area contributed by atoms with E-state index in [0.29, 0.717) is 5.56 Å². The predicted octanol–water partition coefficient (Wildman–Crippen LogP) is 3.03. The van der Waals surface area contributed by atoms with Crippen molar-refractivity contribution >= 4 is 16.8 Å². The number of hydrogen-bond acceptors (Lipinski definition) is 4. The lowest BCUT2D eigenvalue weighted by Crippen LogP contribution is -2.03. The molecule has 1 heterocycles. The minimum atomic E-state index is -0.497. The molecule has 118 valence electrons. The summed E-state index contributed by atoms with van der Waals surface area (Å²) in [5, 5.41) is 8.97. The molecule has 0 saturated carbocycles. The van der Waals surface area contributed by atoms with Crippen LogP contribution >= 0.6 is 0 Å². The number of nitrogens with one attached hydrogen (secondary N) is 1. The number of carbonyl (C=O) groups is 1. The topological polar surface area (TPSA) is 75.2 Å². The van der Waals surface area contributed by atoms with Crippen molar-refractivity contribution in [2.45, 2.75) is 13.8 Å². The predicted molar refractivity (Wildman–Crippen MR) is 89.0 cm³/mol. The van der Waals surface area contributed by atoms with E-state index in [2.05, 4.69) is 9.97 Å². The first-order chi connectivity index (χ1) is 11.0. The van der Waals surface area contributed by atoms with Gasteiger partial charge in [0.1, 0.15) is 18.2 Å². The number of imidazole rings is 1. The molecule has 0 aliphatic heterocycles. The van der Waals surface area contributed by atoms with Gasteiger partial charge < -0.3 is 14.8 Å². The number of H-pyrrole nitrogens is 1. The number of fused-ring (bicyclic) bond motifs is 1. The van der Waals surface area contributed by atoms with E-state index in [9.17, 15) is 4.79 Å². The van der Waals surface area contributed by atoms with Gasteiger partial charge in [-0.3, -0.25) is 4.79 Å². The SMILES string of the molecule is COc1c(C)cc(-c2nc3ccc(C(=O)CO)cc3[nH]2)cc1C. The monoisotopic (exact) mass is 310 g/mol. The Morgan fingerprint density at radius 2 is 1.91 bits per heavy atom. The van der Waals surface area contributed by atoms with E-state index in [-0.39, 0.29) is 5.78 Å². The fourth-order valence-corrected chi connectivity index (χ4v) is 2.82. The molecule has 0 amide bonds. The van der Waals surface area contributed by atoms with E-state index in [0.717, 1.165) is 39.3 Å². The van der Waals surface area contributed by atoms with Gasteiger partial charge in [-0.15, -0.1) is 0 Å². The molecule has 2 aromatic carbocycles. The molecule has 1 aromatic heterocycles. The number of carbonyl (C=O) groups excluding carboxylic acids is 1. The van der Waals surface area contributed by atoms with Gasteiger partial charge in [0, 0.05) is 11.1 Å². The average molecular weight is 310 g/mol. The molecule has 0 aliphatic rings. The molecule has 2 N–H and O–H groups in total. The zero-order chi connectivity index (χ0) is 16.6. The molecule has 3 aromatic rings. The third-order valence-electron chi connectivity index (χ3n) is 3.89. The van der Waals surface area contributed by atoms with Crippen molar-refractivity contribution in [3.63, 3.8) is 0 Å². The second kappa shape index (κ2) is 5.85. The van der Waals surface area contributed by atoms with Crippen LogP contribution in [0.2, 0.25) is 0 Å². The fraction of sp³-hybridized carbons (Fsp3) is 0.222. The van der Waals surface area contributed by atoms with Crippen LogP contribution in [0.1, 0.15) is 21.5 Å². The number of methoxy groups -OCH3 is 1. The molecule has 5 heteroatoms. The molecule has 5 nitrogen and oxygen atoms in total. The Morgan fingerprint density at radius 3 is 2.52 bits per heavy atom. The van der Waals surface area contributed by atoms with Crippen molar-refractivity contribution < 1.29 is 14.6 Å². The van der Waals surface area contributed by atoms with E-state index in [1.54, 1.807) is 25.3 Å². The highest BCUT2D eigenvalue weighted by molar-refractivity contribution is 5.99. The van der Waals surface area contributed by atoms with Crippen LogP contribution in [-0.4, -0.2) is 34.6 Å². The Kier molecular flexibility index (Phi) is 3.88. The van der Waals surface area contributed by atoms with Gasteiger partial charge >= 0.3 is 0 Å². The smallest absolute Gasteiger partial charge is 0.188 e. The van der Waals surface area contributed by atoms with Crippen LogP contribution in [0.3, 0.4) is 0 Å². The fourth-order valence-electron chi connectivity index (χ4n) is 2.82. The lowest BCUT2D eigenvalue weighted by Gasteiger charge is -2.10. The van der Waals surface area contributed by atoms with Crippen molar-refractivity contribution in [1.82, 2.24) is 9.97 Å². The van der Waals surface area contributed by atoms with Crippen LogP contribution in [0.25, 0.3) is 22.4 Å². The third-order valence-corrected chi connectivity index (χ3v) is 3.89. The number of aliphatic hydroxyl groups excluding tert-OH is 1. The summed E-state index contributed by atoms with van der Waals surface area (Å²) >= 11 is 0. The zero-order valence-electron chi connectivity index (χ0n) is 13.3. The summed E-state index contributed by atoms with van der Waals surface area (Å²) in [5.41, 5.74) is 5.06. The normalized spacial score (nSPS) is 11.0. The van der Waals surface area contributed by atoms with Gasteiger partial charge in [-0.2, -0.15) is 0 Å². The molecule has 0 spiro atoms. The van der Waals surface area contributed by atoms with Gasteiger partial charge in [-0.1, -0.05) is 0 Å². The van der Waals surface area contributed by atoms with Crippen LogP contribution in [-0.2, 0) is 0 Å². The number of ether oxygens (including phenoxy) is 1. The van der Waals surface area contributed by atoms with Crippen LogP contribution < -0.4 is 4.74 Å². The van der Waals surface area contributed by atoms with Crippen molar-refractivity contribution in [2.75, 3.05) is 13.7 Å². The number of ketones is 1. The standard InChI is InChI=1S/C18H18N2O3/c1-10-6-13(7-11(2)17(10)23-3)18-19-14-5-4-12(16(22)9-21)8-15(14)20-18/h4-8,21H,9H2,1-3H3,(H,19,20). The number of aryl methyl sites for hydroxylation is 2. The molecule has 0 unspecified atom stereocenters. The maximum Gasteiger partial charge on any atom is 0.188 e. The summed E-state index contributed by atoms with van der Waals surface area (Å²) in [6.45, 7) is 3.50. The molecular formula is C18H18N2O3. The summed E-state index contributed by atoms with van der Waals surface area (Å²) in [5.74, 6) is 1.31. The van der Waals surface area contributed by atoms with Crippen LogP contribution in [0.15, 0.2) is 30.3 Å². The Balaban J connectivity index is 2.09. The maximum absolute atomic E-state index is 11.6.